The second kappa shape index (κ2) is 13.4. The molecule has 2 aromatic rings. The van der Waals surface area contributed by atoms with Gasteiger partial charge >= 0.3 is 0 Å². The summed E-state index contributed by atoms with van der Waals surface area (Å²) in [7, 11) is 0. The number of nitrogens with one attached hydrogen (secondary N) is 1. The minimum absolute atomic E-state index is 0.0158. The minimum atomic E-state index is -0.471. The highest BCUT2D eigenvalue weighted by Gasteiger charge is 2.28. The van der Waals surface area contributed by atoms with Gasteiger partial charge in [0, 0.05) is 23.9 Å². The fourth-order valence-electron chi connectivity index (χ4n) is 3.35. The fraction of sp³-hybridized carbons (Fsp3) is 0.440. The summed E-state index contributed by atoms with van der Waals surface area (Å²) in [5.74, 6) is 0.964. The van der Waals surface area contributed by atoms with Crippen LogP contribution < -0.4 is 5.32 Å². The standard InChI is InChI=1S/C25H33ClN2O2S/c1-4-6-14-27-25(30)23(5-2)28(16-21-9-7-8-19(3)15-21)24(29)18-31-17-20-10-12-22(26)13-11-20/h7-13,15,23H,4-6,14,16-18H2,1-3H3,(H,27,30)/t23-/m1/s1. The first-order valence-corrected chi connectivity index (χ1v) is 12.4. The predicted octanol–water partition coefficient (Wildman–Crippen LogP) is 5.61. The van der Waals surface area contributed by atoms with E-state index in [2.05, 4.69) is 18.3 Å². The SMILES string of the molecule is CCCCNC(=O)[C@@H](CC)N(Cc1cccc(C)c1)C(=O)CSCc1ccc(Cl)cc1. The summed E-state index contributed by atoms with van der Waals surface area (Å²) in [5.41, 5.74) is 3.30. The first kappa shape index (κ1) is 25.3. The molecule has 1 N–H and O–H groups in total. The van der Waals surface area contributed by atoms with Crippen LogP contribution in [-0.4, -0.2) is 35.1 Å². The number of unbranched alkanes of at least 4 members (excludes halogenated alkanes) is 1. The van der Waals surface area contributed by atoms with Crippen molar-refractivity contribution in [3.05, 3.63) is 70.2 Å². The van der Waals surface area contributed by atoms with Crippen molar-refractivity contribution in [2.24, 2.45) is 0 Å². The molecule has 4 nitrogen and oxygen atoms in total. The number of halogens is 1. The van der Waals surface area contributed by atoms with E-state index in [9.17, 15) is 9.59 Å². The van der Waals surface area contributed by atoms with Gasteiger partial charge in [-0.2, -0.15) is 0 Å². The number of nitrogens with zero attached hydrogens (tertiary/aromatic N) is 1. The molecule has 0 fully saturated rings. The van der Waals surface area contributed by atoms with Crippen molar-refractivity contribution in [3.8, 4) is 0 Å². The number of carbonyl (C=O) groups is 2. The Hall–Kier alpha value is -1.98. The molecule has 0 heterocycles. The molecule has 0 saturated carbocycles. The van der Waals surface area contributed by atoms with Crippen LogP contribution in [0.25, 0.3) is 0 Å². The van der Waals surface area contributed by atoms with Crippen LogP contribution in [0.3, 0.4) is 0 Å². The van der Waals surface area contributed by atoms with E-state index >= 15 is 0 Å². The van der Waals surface area contributed by atoms with Gasteiger partial charge < -0.3 is 10.2 Å². The number of benzene rings is 2. The fourth-order valence-corrected chi connectivity index (χ4v) is 4.35. The molecule has 0 unspecified atom stereocenters. The van der Waals surface area contributed by atoms with Crippen molar-refractivity contribution < 1.29 is 9.59 Å². The lowest BCUT2D eigenvalue weighted by atomic mass is 10.1. The Morgan fingerprint density at radius 3 is 2.48 bits per heavy atom. The maximum atomic E-state index is 13.2. The third kappa shape index (κ3) is 8.58. The van der Waals surface area contributed by atoms with Crippen molar-refractivity contribution in [1.82, 2.24) is 10.2 Å². The molecule has 2 aromatic carbocycles. The number of rotatable bonds is 12. The zero-order valence-corrected chi connectivity index (χ0v) is 20.3. The molecule has 6 heteroatoms. The first-order chi connectivity index (χ1) is 14.9. The average molecular weight is 461 g/mol. The normalized spacial score (nSPS) is 11.7. The number of thioether (sulfide) groups is 1. The third-order valence-electron chi connectivity index (χ3n) is 5.06. The molecular formula is C25H33ClN2O2S. The first-order valence-electron chi connectivity index (χ1n) is 10.9. The summed E-state index contributed by atoms with van der Waals surface area (Å²) in [6.45, 7) is 7.16. The Balaban J connectivity index is 2.09. The summed E-state index contributed by atoms with van der Waals surface area (Å²) in [6, 6.07) is 15.3. The summed E-state index contributed by atoms with van der Waals surface area (Å²) >= 11 is 7.50. The third-order valence-corrected chi connectivity index (χ3v) is 6.30. The summed E-state index contributed by atoms with van der Waals surface area (Å²) < 4.78 is 0. The Bertz CT molecular complexity index is 842. The molecule has 0 aliphatic rings. The number of amides is 2. The Kier molecular flexibility index (Phi) is 11.0. The molecule has 0 aromatic heterocycles. The number of carbonyl (C=O) groups excluding carboxylic acids is 2. The maximum Gasteiger partial charge on any atom is 0.242 e. The number of aryl methyl sites for hydroxylation is 1. The van der Waals surface area contributed by atoms with Crippen molar-refractivity contribution >= 4 is 35.2 Å². The van der Waals surface area contributed by atoms with Crippen molar-refractivity contribution in [1.29, 1.82) is 0 Å². The molecular weight excluding hydrogens is 428 g/mol. The van der Waals surface area contributed by atoms with Crippen LogP contribution in [0.1, 0.15) is 49.8 Å². The van der Waals surface area contributed by atoms with Gasteiger partial charge in [0.15, 0.2) is 0 Å². The van der Waals surface area contributed by atoms with Crippen LogP contribution in [0, 0.1) is 6.92 Å². The van der Waals surface area contributed by atoms with E-state index in [-0.39, 0.29) is 11.8 Å². The monoisotopic (exact) mass is 460 g/mol. The topological polar surface area (TPSA) is 49.4 Å². The molecule has 0 radical (unpaired) electrons. The van der Waals surface area contributed by atoms with Crippen LogP contribution >= 0.6 is 23.4 Å². The molecule has 168 valence electrons. The van der Waals surface area contributed by atoms with Gasteiger partial charge in [0.1, 0.15) is 6.04 Å². The highest BCUT2D eigenvalue weighted by molar-refractivity contribution is 7.99. The van der Waals surface area contributed by atoms with E-state index in [1.807, 2.05) is 56.3 Å². The lowest BCUT2D eigenvalue weighted by Gasteiger charge is -2.30. The Labute approximate surface area is 195 Å². The number of hydrogen-bond donors (Lipinski definition) is 1. The van der Waals surface area contributed by atoms with Crippen molar-refractivity contribution in [2.45, 2.75) is 58.4 Å². The molecule has 0 saturated heterocycles. The molecule has 2 amide bonds. The van der Waals surface area contributed by atoms with Gasteiger partial charge in [-0.3, -0.25) is 9.59 Å². The lowest BCUT2D eigenvalue weighted by molar-refractivity contribution is -0.139. The van der Waals surface area contributed by atoms with Crippen LogP contribution in [0.4, 0.5) is 0 Å². The highest BCUT2D eigenvalue weighted by atomic mass is 35.5. The summed E-state index contributed by atoms with van der Waals surface area (Å²) in [5, 5.41) is 3.71. The second-order valence-corrected chi connectivity index (χ2v) is 9.12. The molecule has 1 atom stereocenters. The minimum Gasteiger partial charge on any atom is -0.354 e. The molecule has 0 aliphatic carbocycles. The van der Waals surface area contributed by atoms with Crippen molar-refractivity contribution in [2.75, 3.05) is 12.3 Å². The second-order valence-electron chi connectivity index (χ2n) is 7.70. The van der Waals surface area contributed by atoms with Gasteiger partial charge in [0.2, 0.25) is 11.8 Å². The van der Waals surface area contributed by atoms with Crippen LogP contribution in [0.2, 0.25) is 5.02 Å². The maximum absolute atomic E-state index is 13.2. The van der Waals surface area contributed by atoms with Gasteiger partial charge in [-0.1, -0.05) is 73.8 Å². The van der Waals surface area contributed by atoms with Gasteiger partial charge in [0.25, 0.3) is 0 Å². The molecule has 0 bridgehead atoms. The molecule has 0 spiro atoms. The predicted molar refractivity (Wildman–Crippen MR) is 131 cm³/mol. The van der Waals surface area contributed by atoms with Gasteiger partial charge in [-0.25, -0.2) is 0 Å². The zero-order chi connectivity index (χ0) is 22.6. The summed E-state index contributed by atoms with van der Waals surface area (Å²) in [6.07, 6.45) is 2.53. The van der Waals surface area contributed by atoms with E-state index in [0.717, 1.165) is 35.3 Å². The van der Waals surface area contributed by atoms with E-state index < -0.39 is 6.04 Å². The molecule has 0 aliphatic heterocycles. The average Bonchev–Trinajstić information content (AvgIpc) is 2.75. The quantitative estimate of drug-likeness (QED) is 0.419. The molecule has 31 heavy (non-hydrogen) atoms. The largest absolute Gasteiger partial charge is 0.354 e. The van der Waals surface area contributed by atoms with Gasteiger partial charge in [-0.05, 0) is 43.0 Å². The lowest BCUT2D eigenvalue weighted by Crippen LogP contribution is -2.49. The zero-order valence-electron chi connectivity index (χ0n) is 18.7. The van der Waals surface area contributed by atoms with Crippen LogP contribution in [0.15, 0.2) is 48.5 Å². The summed E-state index contributed by atoms with van der Waals surface area (Å²) in [4.78, 5) is 27.8. The smallest absolute Gasteiger partial charge is 0.242 e. The van der Waals surface area contributed by atoms with Crippen LogP contribution in [0.5, 0.6) is 0 Å². The Morgan fingerprint density at radius 2 is 1.84 bits per heavy atom. The number of hydrogen-bond acceptors (Lipinski definition) is 3. The highest BCUT2D eigenvalue weighted by Crippen LogP contribution is 2.19. The molecule has 2 rings (SSSR count). The van der Waals surface area contributed by atoms with Crippen LogP contribution in [-0.2, 0) is 21.9 Å². The van der Waals surface area contributed by atoms with E-state index in [1.165, 1.54) is 0 Å². The van der Waals surface area contributed by atoms with Crippen molar-refractivity contribution in [3.63, 3.8) is 0 Å². The van der Waals surface area contributed by atoms with Gasteiger partial charge in [0.05, 0.1) is 5.75 Å². The van der Waals surface area contributed by atoms with E-state index in [4.69, 9.17) is 11.6 Å². The Morgan fingerprint density at radius 1 is 1.10 bits per heavy atom. The van der Waals surface area contributed by atoms with Gasteiger partial charge in [-0.15, -0.1) is 11.8 Å². The van der Waals surface area contributed by atoms with E-state index in [1.54, 1.807) is 16.7 Å². The van der Waals surface area contributed by atoms with E-state index in [0.29, 0.717) is 30.3 Å².